The molecule has 0 spiro atoms. The molecule has 0 atom stereocenters. The van der Waals surface area contributed by atoms with Crippen molar-refractivity contribution in [3.05, 3.63) is 35.6 Å². The highest BCUT2D eigenvalue weighted by molar-refractivity contribution is 6.21. The Bertz CT molecular complexity index is 532. The Hall–Kier alpha value is -2.30. The number of anilines is 1. The number of hydrogen-bond acceptors (Lipinski definition) is 5. The molecule has 0 bridgehead atoms. The SMILES string of the molecule is CC(=Nc1ccccc1N)C1=C(O)COC1=O. The van der Waals surface area contributed by atoms with Gasteiger partial charge in [-0.2, -0.15) is 0 Å². The molecule has 1 aliphatic heterocycles. The van der Waals surface area contributed by atoms with Crippen molar-refractivity contribution in [2.24, 2.45) is 4.99 Å². The van der Waals surface area contributed by atoms with Crippen molar-refractivity contribution in [2.75, 3.05) is 12.3 Å². The fraction of sp³-hybridized carbons (Fsp3) is 0.167. The van der Waals surface area contributed by atoms with E-state index in [1.165, 1.54) is 0 Å². The first-order valence-electron chi connectivity index (χ1n) is 5.09. The van der Waals surface area contributed by atoms with E-state index in [0.29, 0.717) is 17.1 Å². The molecule has 5 heteroatoms. The van der Waals surface area contributed by atoms with Gasteiger partial charge in [-0.05, 0) is 19.1 Å². The van der Waals surface area contributed by atoms with E-state index in [1.807, 2.05) is 0 Å². The van der Waals surface area contributed by atoms with Crippen LogP contribution in [0.25, 0.3) is 0 Å². The molecule has 0 aromatic heterocycles. The first-order chi connectivity index (χ1) is 8.09. The lowest BCUT2D eigenvalue weighted by molar-refractivity contribution is -0.135. The maximum Gasteiger partial charge on any atom is 0.344 e. The molecule has 0 saturated heterocycles. The molecular formula is C12H12N2O3. The van der Waals surface area contributed by atoms with Gasteiger partial charge in [-0.1, -0.05) is 12.1 Å². The van der Waals surface area contributed by atoms with Crippen molar-refractivity contribution in [1.82, 2.24) is 0 Å². The number of rotatable bonds is 2. The van der Waals surface area contributed by atoms with Gasteiger partial charge in [0.05, 0.1) is 17.1 Å². The zero-order chi connectivity index (χ0) is 12.4. The third-order valence-electron chi connectivity index (χ3n) is 2.42. The second-order valence-electron chi connectivity index (χ2n) is 3.65. The number of aliphatic hydroxyl groups is 1. The zero-order valence-corrected chi connectivity index (χ0v) is 9.30. The number of aliphatic imine (C=N–C) groups is 1. The number of carbonyl (C=O) groups is 1. The van der Waals surface area contributed by atoms with Gasteiger partial charge in [-0.3, -0.25) is 4.99 Å². The molecule has 1 heterocycles. The van der Waals surface area contributed by atoms with Gasteiger partial charge in [0.2, 0.25) is 0 Å². The molecule has 5 nitrogen and oxygen atoms in total. The molecule has 0 fully saturated rings. The number of ether oxygens (including phenoxy) is 1. The van der Waals surface area contributed by atoms with Crippen LogP contribution in [0, 0.1) is 0 Å². The Morgan fingerprint density at radius 3 is 2.76 bits per heavy atom. The number of para-hydroxylation sites is 2. The van der Waals surface area contributed by atoms with E-state index in [2.05, 4.69) is 4.99 Å². The molecule has 0 amide bonds. The average Bonchev–Trinajstić information content (AvgIpc) is 2.62. The number of hydrogen-bond donors (Lipinski definition) is 2. The number of cyclic esters (lactones) is 1. The first kappa shape index (κ1) is 11.2. The number of nitrogens with zero attached hydrogens (tertiary/aromatic N) is 1. The van der Waals surface area contributed by atoms with Gasteiger partial charge in [0.15, 0.2) is 0 Å². The maximum absolute atomic E-state index is 11.3. The quantitative estimate of drug-likeness (QED) is 0.462. The normalized spacial score (nSPS) is 16.3. The maximum atomic E-state index is 11.3. The molecular weight excluding hydrogens is 220 g/mol. The van der Waals surface area contributed by atoms with E-state index >= 15 is 0 Å². The van der Waals surface area contributed by atoms with Crippen molar-refractivity contribution in [1.29, 1.82) is 0 Å². The van der Waals surface area contributed by atoms with E-state index < -0.39 is 5.97 Å². The topological polar surface area (TPSA) is 84.9 Å². The summed E-state index contributed by atoms with van der Waals surface area (Å²) in [5.41, 5.74) is 7.32. The smallest absolute Gasteiger partial charge is 0.344 e. The monoisotopic (exact) mass is 232 g/mol. The number of aliphatic hydroxyl groups excluding tert-OH is 1. The number of benzene rings is 1. The Labute approximate surface area is 98.2 Å². The van der Waals surface area contributed by atoms with Gasteiger partial charge >= 0.3 is 5.97 Å². The lowest BCUT2D eigenvalue weighted by atomic mass is 10.1. The summed E-state index contributed by atoms with van der Waals surface area (Å²) in [6, 6.07) is 7.04. The molecule has 17 heavy (non-hydrogen) atoms. The highest BCUT2D eigenvalue weighted by Crippen LogP contribution is 2.23. The average molecular weight is 232 g/mol. The van der Waals surface area contributed by atoms with Crippen LogP contribution < -0.4 is 5.73 Å². The number of nitrogen functional groups attached to an aromatic ring is 1. The Morgan fingerprint density at radius 2 is 2.18 bits per heavy atom. The summed E-state index contributed by atoms with van der Waals surface area (Å²) in [7, 11) is 0. The van der Waals surface area contributed by atoms with Crippen LogP contribution in [-0.2, 0) is 9.53 Å². The van der Waals surface area contributed by atoms with Gasteiger partial charge in [-0.25, -0.2) is 4.79 Å². The predicted molar refractivity (Wildman–Crippen MR) is 64.2 cm³/mol. The van der Waals surface area contributed by atoms with Gasteiger partial charge < -0.3 is 15.6 Å². The first-order valence-corrected chi connectivity index (χ1v) is 5.09. The van der Waals surface area contributed by atoms with E-state index in [9.17, 15) is 9.90 Å². The summed E-state index contributed by atoms with van der Waals surface area (Å²) in [5.74, 6) is -0.649. The van der Waals surface area contributed by atoms with Crippen LogP contribution in [0.4, 0.5) is 11.4 Å². The molecule has 88 valence electrons. The molecule has 0 unspecified atom stereocenters. The standard InChI is InChI=1S/C12H12N2O3/c1-7(11-10(15)6-17-12(11)16)14-9-5-3-2-4-8(9)13/h2-5,15H,6,13H2,1H3. The van der Waals surface area contributed by atoms with Crippen molar-refractivity contribution in [3.8, 4) is 0 Å². The fourth-order valence-corrected chi connectivity index (χ4v) is 1.58. The summed E-state index contributed by atoms with van der Waals surface area (Å²) in [4.78, 5) is 15.6. The molecule has 2 rings (SSSR count). The van der Waals surface area contributed by atoms with E-state index in [4.69, 9.17) is 10.5 Å². The van der Waals surface area contributed by atoms with Crippen LogP contribution in [0.15, 0.2) is 40.6 Å². The summed E-state index contributed by atoms with van der Waals surface area (Å²) in [5, 5.41) is 9.50. The second-order valence-corrected chi connectivity index (χ2v) is 3.65. The zero-order valence-electron chi connectivity index (χ0n) is 9.30. The van der Waals surface area contributed by atoms with Gasteiger partial charge in [-0.15, -0.1) is 0 Å². The van der Waals surface area contributed by atoms with Crippen LogP contribution in [0.2, 0.25) is 0 Å². The van der Waals surface area contributed by atoms with Crippen LogP contribution >= 0.6 is 0 Å². The van der Waals surface area contributed by atoms with Crippen molar-refractivity contribution in [2.45, 2.75) is 6.92 Å². The Morgan fingerprint density at radius 1 is 1.47 bits per heavy atom. The minimum absolute atomic E-state index is 0.0919. The molecule has 1 aliphatic rings. The summed E-state index contributed by atoms with van der Waals surface area (Å²) < 4.78 is 4.69. The van der Waals surface area contributed by atoms with Crippen LogP contribution in [0.1, 0.15) is 6.92 Å². The lowest BCUT2D eigenvalue weighted by Crippen LogP contribution is -2.07. The summed E-state index contributed by atoms with van der Waals surface area (Å²) in [6.45, 7) is 1.54. The molecule has 0 radical (unpaired) electrons. The summed E-state index contributed by atoms with van der Waals surface area (Å²) in [6.07, 6.45) is 0. The molecule has 3 N–H and O–H groups in total. The number of nitrogens with two attached hydrogens (primary N) is 1. The predicted octanol–water partition coefficient (Wildman–Crippen LogP) is 1.73. The van der Waals surface area contributed by atoms with E-state index in [0.717, 1.165) is 0 Å². The van der Waals surface area contributed by atoms with Gasteiger partial charge in [0.1, 0.15) is 17.9 Å². The minimum atomic E-state index is -0.557. The number of carbonyl (C=O) groups excluding carboxylic acids is 1. The highest BCUT2D eigenvalue weighted by atomic mass is 16.5. The van der Waals surface area contributed by atoms with Crippen LogP contribution in [0.5, 0.6) is 0 Å². The van der Waals surface area contributed by atoms with Crippen LogP contribution in [0.3, 0.4) is 0 Å². The number of esters is 1. The second kappa shape index (κ2) is 4.29. The van der Waals surface area contributed by atoms with Crippen LogP contribution in [-0.4, -0.2) is 23.4 Å². The van der Waals surface area contributed by atoms with Gasteiger partial charge in [0.25, 0.3) is 0 Å². The molecule has 0 saturated carbocycles. The molecule has 0 aliphatic carbocycles. The fourth-order valence-electron chi connectivity index (χ4n) is 1.58. The lowest BCUT2D eigenvalue weighted by Gasteiger charge is -2.02. The molecule has 1 aromatic rings. The van der Waals surface area contributed by atoms with Crippen molar-refractivity contribution < 1.29 is 14.6 Å². The summed E-state index contributed by atoms with van der Waals surface area (Å²) >= 11 is 0. The van der Waals surface area contributed by atoms with Crippen molar-refractivity contribution in [3.63, 3.8) is 0 Å². The van der Waals surface area contributed by atoms with E-state index in [1.54, 1.807) is 31.2 Å². The minimum Gasteiger partial charge on any atom is -0.508 e. The van der Waals surface area contributed by atoms with Gasteiger partial charge in [0, 0.05) is 0 Å². The molecule has 1 aromatic carbocycles. The Kier molecular flexibility index (Phi) is 2.82. The third kappa shape index (κ3) is 2.13. The highest BCUT2D eigenvalue weighted by Gasteiger charge is 2.26. The Balaban J connectivity index is 2.39. The third-order valence-corrected chi connectivity index (χ3v) is 2.42. The van der Waals surface area contributed by atoms with E-state index in [-0.39, 0.29) is 17.9 Å². The van der Waals surface area contributed by atoms with Crippen molar-refractivity contribution >= 4 is 23.1 Å². The largest absolute Gasteiger partial charge is 0.508 e.